The first kappa shape index (κ1) is 25.0. The topological polar surface area (TPSA) is 0 Å². The Bertz CT molecular complexity index is 1540. The predicted octanol–water partition coefficient (Wildman–Crippen LogP) is -0.479. The molecular weight excluding hydrogens is 563 g/mol. The van der Waals surface area contributed by atoms with Gasteiger partial charge in [-0.1, -0.05) is 0 Å². The molecule has 2 aliphatic heterocycles. The van der Waals surface area contributed by atoms with E-state index in [1.54, 1.807) is 27.5 Å². The van der Waals surface area contributed by atoms with Crippen LogP contribution in [0.3, 0.4) is 0 Å². The third-order valence-electron chi connectivity index (χ3n) is 8.17. The van der Waals surface area contributed by atoms with Gasteiger partial charge in [-0.2, -0.15) is 0 Å². The van der Waals surface area contributed by atoms with Crippen LogP contribution in [0.2, 0.25) is 0 Å². The minimum absolute atomic E-state index is 0. The van der Waals surface area contributed by atoms with Gasteiger partial charge in [-0.25, -0.2) is 0 Å². The smallest absolute Gasteiger partial charge is 1.00 e. The van der Waals surface area contributed by atoms with E-state index < -0.39 is 26.8 Å². The molecule has 3 aliphatic rings. The van der Waals surface area contributed by atoms with Crippen molar-refractivity contribution < 1.29 is 45.7 Å². The van der Waals surface area contributed by atoms with E-state index in [2.05, 4.69) is 107 Å². The molecule has 0 fully saturated rings. The van der Waals surface area contributed by atoms with Gasteiger partial charge in [0.05, 0.1) is 0 Å². The summed E-state index contributed by atoms with van der Waals surface area (Å²) in [6, 6.07) is 28.4. The van der Waals surface area contributed by atoms with Crippen molar-refractivity contribution in [3.8, 4) is 22.3 Å². The Morgan fingerprint density at radius 1 is 0.714 bits per heavy atom. The number of allylic oxidation sites excluding steroid dienone is 1. The quantitative estimate of drug-likeness (QED) is 0.278. The Kier molecular flexibility index (Phi) is 6.42. The normalized spacial score (nSPS) is 17.9. The Morgan fingerprint density at radius 3 is 2.29 bits per heavy atom. The molecule has 0 bridgehead atoms. The average Bonchev–Trinajstić information content (AvgIpc) is 3.28. The van der Waals surface area contributed by atoms with Crippen LogP contribution in [0.25, 0.3) is 28.3 Å². The van der Waals surface area contributed by atoms with E-state index in [0.717, 1.165) is 0 Å². The second kappa shape index (κ2) is 9.00. The molecule has 35 heavy (non-hydrogen) atoms. The summed E-state index contributed by atoms with van der Waals surface area (Å²) < 4.78 is 2.53. The Balaban J connectivity index is 0.00000127. The van der Waals surface area contributed by atoms with Crippen molar-refractivity contribution in [2.24, 2.45) is 0 Å². The molecule has 0 nitrogen and oxygen atoms in total. The molecule has 1 aliphatic carbocycles. The van der Waals surface area contributed by atoms with Gasteiger partial charge in [0.1, 0.15) is 0 Å². The van der Waals surface area contributed by atoms with Crippen LogP contribution in [-0.4, -0.2) is 5.92 Å². The maximum atomic E-state index is 2.56. The number of aryl methyl sites for hydroxylation is 3. The van der Waals surface area contributed by atoms with Crippen LogP contribution in [0.15, 0.2) is 78.4 Å². The first-order valence-electron chi connectivity index (χ1n) is 12.0. The zero-order valence-electron chi connectivity index (χ0n) is 20.4. The van der Waals surface area contributed by atoms with Gasteiger partial charge in [-0.05, 0) is 0 Å². The summed E-state index contributed by atoms with van der Waals surface area (Å²) in [7, 11) is 0. The molecule has 0 amide bonds. The number of hydrogen-bond donors (Lipinski definition) is 0. The van der Waals surface area contributed by atoms with Crippen molar-refractivity contribution in [1.82, 2.24) is 0 Å². The van der Waals surface area contributed by atoms with E-state index in [1.165, 1.54) is 33.4 Å². The van der Waals surface area contributed by atoms with E-state index in [0.29, 0.717) is 3.63 Å². The molecule has 0 aromatic heterocycles. The number of rotatable bonds is 2. The van der Waals surface area contributed by atoms with Crippen molar-refractivity contribution >= 4 is 25.6 Å². The molecule has 7 rings (SSSR count). The maximum Gasteiger partial charge on any atom is -1.00 e. The summed E-state index contributed by atoms with van der Waals surface area (Å²) >= 11 is -1.87. The largest absolute Gasteiger partial charge is 1.00 e. The molecule has 2 unspecified atom stereocenters. The molecule has 0 saturated heterocycles. The zero-order chi connectivity index (χ0) is 22.4. The van der Waals surface area contributed by atoms with Gasteiger partial charge < -0.3 is 24.8 Å². The van der Waals surface area contributed by atoms with Crippen LogP contribution in [0.4, 0.5) is 0 Å². The molecule has 0 radical (unpaired) electrons. The number of halogens is 2. The fraction of sp³-hybridized carbons (Fsp3) is 0.161. The number of fused-ring (bicyclic) bond motifs is 4. The zero-order valence-corrected chi connectivity index (χ0v) is 25.5. The molecule has 0 spiro atoms. The van der Waals surface area contributed by atoms with Crippen molar-refractivity contribution in [2.75, 3.05) is 0 Å². The van der Waals surface area contributed by atoms with Crippen molar-refractivity contribution in [3.05, 3.63) is 106 Å². The molecular formula is C31H27Cl2SiZr. The van der Waals surface area contributed by atoms with Crippen molar-refractivity contribution in [1.29, 1.82) is 0 Å². The summed E-state index contributed by atoms with van der Waals surface area (Å²) in [6.45, 7) is 9.19. The number of benzene rings is 4. The molecule has 0 saturated carbocycles. The molecule has 2 atom stereocenters. The molecule has 2 heterocycles. The predicted molar refractivity (Wildman–Crippen MR) is 140 cm³/mol. The fourth-order valence-corrected chi connectivity index (χ4v) is 33.2. The maximum absolute atomic E-state index is 2.56. The Morgan fingerprint density at radius 2 is 1.49 bits per heavy atom. The van der Waals surface area contributed by atoms with Crippen LogP contribution in [0, 0.1) is 20.8 Å². The second-order valence-corrected chi connectivity index (χ2v) is 25.1. The first-order valence-corrected chi connectivity index (χ1v) is 20.7. The monoisotopic (exact) mass is 587 g/mol. The summed E-state index contributed by atoms with van der Waals surface area (Å²) in [5, 5.41) is 3.57. The second-order valence-electron chi connectivity index (χ2n) is 10.1. The summed E-state index contributed by atoms with van der Waals surface area (Å²) in [6.07, 6.45) is 2.56. The fourth-order valence-electron chi connectivity index (χ4n) is 6.81. The van der Waals surface area contributed by atoms with Crippen LogP contribution in [-0.2, 0) is 20.9 Å². The Hall–Kier alpha value is -1.70. The van der Waals surface area contributed by atoms with Crippen LogP contribution in [0.5, 0.6) is 0 Å². The SMILES string of the molecule is CC1=Cc2c(ccc(C)c2-c2ccc(C)cc2C)[CH]1[Zr+2]1[c]2cccc3c2[SiH]1c1ccccc1-3.[Cl-].[Cl-]. The molecule has 4 aromatic rings. The van der Waals surface area contributed by atoms with Gasteiger partial charge in [0.25, 0.3) is 0 Å². The third kappa shape index (κ3) is 3.41. The Labute approximate surface area is 229 Å². The van der Waals surface area contributed by atoms with E-state index >= 15 is 0 Å². The minimum atomic E-state index is -1.87. The molecule has 173 valence electrons. The van der Waals surface area contributed by atoms with Crippen LogP contribution >= 0.6 is 0 Å². The summed E-state index contributed by atoms with van der Waals surface area (Å²) in [5.41, 5.74) is 14.9. The van der Waals surface area contributed by atoms with Crippen molar-refractivity contribution in [2.45, 2.75) is 31.3 Å². The van der Waals surface area contributed by atoms with Gasteiger partial charge >= 0.3 is 206 Å². The van der Waals surface area contributed by atoms with Gasteiger partial charge in [0, 0.05) is 0 Å². The summed E-state index contributed by atoms with van der Waals surface area (Å²) in [4.78, 5) is 0. The average molecular weight is 590 g/mol. The summed E-state index contributed by atoms with van der Waals surface area (Å²) in [5.74, 6) is -1.01. The third-order valence-corrected chi connectivity index (χ3v) is 30.7. The van der Waals surface area contributed by atoms with Gasteiger partial charge in [-0.3, -0.25) is 0 Å². The first-order chi connectivity index (χ1) is 16.0. The van der Waals surface area contributed by atoms with E-state index in [9.17, 15) is 0 Å². The van der Waals surface area contributed by atoms with Gasteiger partial charge in [0.15, 0.2) is 0 Å². The number of hydrogen-bond acceptors (Lipinski definition) is 0. The van der Waals surface area contributed by atoms with Gasteiger partial charge in [0.2, 0.25) is 0 Å². The van der Waals surface area contributed by atoms with Crippen LogP contribution in [0.1, 0.15) is 38.4 Å². The van der Waals surface area contributed by atoms with Gasteiger partial charge in [-0.15, -0.1) is 0 Å². The standard InChI is InChI=1S/C19H19.C12H8Si.2ClH.Zr/c1-12-5-8-17(15(4)9-12)19-14(3)6-7-16-10-13(2)11-18(16)19;1-3-7-11-9(5-1)10-6-2-4-8-12(10)13-11;;;/h5-11H,1-4H3;1-7,13H;2*1H;/q;;;;+2/p-2. The molecule has 4 heteroatoms. The van der Waals surface area contributed by atoms with Crippen LogP contribution < -0.4 is 38.5 Å². The van der Waals surface area contributed by atoms with E-state index in [1.807, 2.05) is 8.46 Å². The van der Waals surface area contributed by atoms with Crippen molar-refractivity contribution in [3.63, 3.8) is 0 Å². The molecule has 4 aromatic carbocycles. The van der Waals surface area contributed by atoms with E-state index in [-0.39, 0.29) is 24.8 Å². The minimum Gasteiger partial charge on any atom is -1.00 e. The molecule has 0 N–H and O–H groups in total. The van der Waals surface area contributed by atoms with E-state index in [4.69, 9.17) is 0 Å².